The largest absolute Gasteiger partial charge is 0.505 e. The van der Waals surface area contributed by atoms with Gasteiger partial charge in [-0.3, -0.25) is 14.4 Å². The van der Waals surface area contributed by atoms with Crippen LogP contribution in [0.15, 0.2) is 23.2 Å². The number of nitrogens with one attached hydrogen (secondary N) is 1. The smallest absolute Gasteiger partial charge is 0.257 e. The quantitative estimate of drug-likeness (QED) is 0.424. The first-order valence-electron chi connectivity index (χ1n) is 9.22. The summed E-state index contributed by atoms with van der Waals surface area (Å²) in [5, 5.41) is 34.6. The Balaban J connectivity index is 2.57. The Labute approximate surface area is 164 Å². The van der Waals surface area contributed by atoms with E-state index in [1.54, 1.807) is 33.2 Å². The molecule has 0 aliphatic heterocycles. The highest BCUT2D eigenvalue weighted by Gasteiger charge is 2.24. The lowest BCUT2D eigenvalue weighted by molar-refractivity contribution is 0.0824. The highest BCUT2D eigenvalue weighted by atomic mass is 16.3. The molecule has 2 rings (SSSR count). The van der Waals surface area contributed by atoms with Gasteiger partial charge in [0.25, 0.3) is 5.91 Å². The number of phenolic OH excluding ortho intramolecular Hbond substituents is 1. The Morgan fingerprint density at radius 3 is 2.43 bits per heavy atom. The highest BCUT2D eigenvalue weighted by Crippen LogP contribution is 2.47. The first-order chi connectivity index (χ1) is 13.2. The molecular formula is C20H28N4O4. The van der Waals surface area contributed by atoms with E-state index in [4.69, 9.17) is 0 Å². The Kier molecular flexibility index (Phi) is 6.56. The van der Waals surface area contributed by atoms with Crippen LogP contribution in [-0.2, 0) is 6.54 Å². The van der Waals surface area contributed by atoms with Crippen LogP contribution in [0.2, 0.25) is 0 Å². The summed E-state index contributed by atoms with van der Waals surface area (Å²) in [5.74, 6) is -0.967. The first-order valence-corrected chi connectivity index (χ1v) is 9.22. The van der Waals surface area contributed by atoms with Crippen LogP contribution in [0.5, 0.6) is 17.5 Å². The van der Waals surface area contributed by atoms with E-state index in [0.717, 1.165) is 18.6 Å². The number of rotatable bonds is 7. The molecule has 4 N–H and O–H groups in total. The minimum absolute atomic E-state index is 0.126. The van der Waals surface area contributed by atoms with Gasteiger partial charge in [-0.25, -0.2) is 0 Å². The molecule has 0 aliphatic carbocycles. The number of hydrogen-bond donors (Lipinski definition) is 4. The molecule has 1 aromatic carbocycles. The molecule has 0 saturated heterocycles. The van der Waals surface area contributed by atoms with E-state index in [9.17, 15) is 20.1 Å². The number of aromatic hydroxyl groups is 3. The third kappa shape index (κ3) is 4.05. The lowest BCUT2D eigenvalue weighted by atomic mass is 10.1. The van der Waals surface area contributed by atoms with Crippen LogP contribution in [0.3, 0.4) is 0 Å². The third-order valence-electron chi connectivity index (χ3n) is 4.35. The highest BCUT2D eigenvalue weighted by molar-refractivity contribution is 5.99. The molecule has 0 atom stereocenters. The minimum Gasteiger partial charge on any atom is -0.505 e. The number of para-hydroxylation sites is 1. The standard InChI is InChI=1S/C20H28N4O4/c1-6-9-12(3)21-15-16(20(28)24(7-2)19(15)27)22-14-11-8-10-13(17(14)25)18(26)23(4)5/h8,10-11,22,25,27-28H,6-7,9H2,1-5H3. The molecule has 0 saturated carbocycles. The molecule has 28 heavy (non-hydrogen) atoms. The van der Waals surface area contributed by atoms with Gasteiger partial charge in [0, 0.05) is 26.4 Å². The van der Waals surface area contributed by atoms with Crippen LogP contribution in [0.4, 0.5) is 17.1 Å². The Morgan fingerprint density at radius 1 is 1.18 bits per heavy atom. The molecule has 1 heterocycles. The fraction of sp³-hybridized carbons (Fsp3) is 0.400. The zero-order valence-electron chi connectivity index (χ0n) is 16.9. The van der Waals surface area contributed by atoms with Crippen molar-refractivity contribution >= 4 is 28.7 Å². The van der Waals surface area contributed by atoms with Crippen molar-refractivity contribution in [3.05, 3.63) is 23.8 Å². The van der Waals surface area contributed by atoms with Crippen molar-refractivity contribution in [2.24, 2.45) is 4.99 Å². The van der Waals surface area contributed by atoms with Crippen molar-refractivity contribution in [3.8, 4) is 17.5 Å². The molecule has 152 valence electrons. The summed E-state index contributed by atoms with van der Waals surface area (Å²) in [5.41, 5.74) is 1.50. The number of nitrogens with zero attached hydrogens (tertiary/aromatic N) is 3. The number of aliphatic imine (C=N–C) groups is 1. The van der Waals surface area contributed by atoms with Crippen LogP contribution < -0.4 is 5.32 Å². The van der Waals surface area contributed by atoms with E-state index in [1.165, 1.54) is 15.5 Å². The Bertz CT molecular complexity index is 900. The second kappa shape index (κ2) is 8.69. The van der Waals surface area contributed by atoms with Gasteiger partial charge in [0.05, 0.1) is 11.3 Å². The van der Waals surface area contributed by atoms with Crippen molar-refractivity contribution in [2.45, 2.75) is 40.2 Å². The lowest BCUT2D eigenvalue weighted by Gasteiger charge is -2.15. The van der Waals surface area contributed by atoms with Gasteiger partial charge < -0.3 is 25.5 Å². The molecule has 0 fully saturated rings. The number of aromatic nitrogens is 1. The van der Waals surface area contributed by atoms with Crippen LogP contribution in [-0.4, -0.2) is 50.5 Å². The fourth-order valence-corrected chi connectivity index (χ4v) is 2.90. The Hall–Kier alpha value is -3.16. The lowest BCUT2D eigenvalue weighted by Crippen LogP contribution is -2.21. The average molecular weight is 388 g/mol. The number of carbonyl (C=O) groups is 1. The molecule has 1 aromatic heterocycles. The second-order valence-corrected chi connectivity index (χ2v) is 6.74. The minimum atomic E-state index is -0.351. The van der Waals surface area contributed by atoms with Crippen LogP contribution in [0, 0.1) is 0 Å². The molecule has 0 unspecified atom stereocenters. The topological polar surface area (TPSA) is 110 Å². The Morgan fingerprint density at radius 2 is 1.86 bits per heavy atom. The predicted molar refractivity (Wildman–Crippen MR) is 111 cm³/mol. The number of anilines is 2. The van der Waals surface area contributed by atoms with Gasteiger partial charge in [-0.05, 0) is 32.4 Å². The van der Waals surface area contributed by atoms with Crippen LogP contribution in [0.25, 0.3) is 0 Å². The van der Waals surface area contributed by atoms with E-state index < -0.39 is 0 Å². The maximum absolute atomic E-state index is 12.2. The van der Waals surface area contributed by atoms with E-state index in [0.29, 0.717) is 6.54 Å². The van der Waals surface area contributed by atoms with Gasteiger partial charge in [0.1, 0.15) is 5.69 Å². The number of amides is 1. The summed E-state index contributed by atoms with van der Waals surface area (Å²) in [4.78, 5) is 18.1. The normalized spacial score (nSPS) is 11.5. The fourth-order valence-electron chi connectivity index (χ4n) is 2.90. The SMILES string of the molecule is CCCC(C)=Nc1c(Nc2cccc(C(=O)N(C)C)c2O)c(O)n(CC)c1O. The summed E-state index contributed by atoms with van der Waals surface area (Å²) in [6.45, 7) is 5.99. The van der Waals surface area contributed by atoms with Gasteiger partial charge in [-0.1, -0.05) is 19.4 Å². The molecule has 1 amide bonds. The van der Waals surface area contributed by atoms with Crippen molar-refractivity contribution in [1.29, 1.82) is 0 Å². The van der Waals surface area contributed by atoms with Crippen molar-refractivity contribution in [3.63, 3.8) is 0 Å². The van der Waals surface area contributed by atoms with Crippen molar-refractivity contribution in [1.82, 2.24) is 9.47 Å². The number of benzene rings is 1. The second-order valence-electron chi connectivity index (χ2n) is 6.74. The molecule has 2 aromatic rings. The third-order valence-corrected chi connectivity index (χ3v) is 4.35. The molecule has 0 radical (unpaired) electrons. The zero-order chi connectivity index (χ0) is 21.0. The van der Waals surface area contributed by atoms with Gasteiger partial charge in [0.2, 0.25) is 11.8 Å². The maximum Gasteiger partial charge on any atom is 0.257 e. The maximum atomic E-state index is 12.2. The van der Waals surface area contributed by atoms with E-state index in [2.05, 4.69) is 10.3 Å². The number of carbonyl (C=O) groups excluding carboxylic acids is 1. The summed E-state index contributed by atoms with van der Waals surface area (Å²) < 4.78 is 1.31. The molecule has 8 heteroatoms. The molecule has 0 bridgehead atoms. The first kappa shape index (κ1) is 21.1. The van der Waals surface area contributed by atoms with Crippen LogP contribution in [0.1, 0.15) is 44.0 Å². The molecule has 8 nitrogen and oxygen atoms in total. The van der Waals surface area contributed by atoms with E-state index in [1.807, 2.05) is 13.8 Å². The summed E-state index contributed by atoms with van der Waals surface area (Å²) in [6, 6.07) is 4.72. The van der Waals surface area contributed by atoms with Gasteiger partial charge in [-0.15, -0.1) is 0 Å². The van der Waals surface area contributed by atoms with Crippen LogP contribution >= 0.6 is 0 Å². The predicted octanol–water partition coefficient (Wildman–Crippen LogP) is 3.96. The molecular weight excluding hydrogens is 360 g/mol. The average Bonchev–Trinajstić information content (AvgIpc) is 2.86. The molecule has 0 spiro atoms. The van der Waals surface area contributed by atoms with Crippen molar-refractivity contribution < 1.29 is 20.1 Å². The summed E-state index contributed by atoms with van der Waals surface area (Å²) in [6.07, 6.45) is 1.64. The van der Waals surface area contributed by atoms with Crippen molar-refractivity contribution in [2.75, 3.05) is 19.4 Å². The number of phenols is 1. The number of hydrogen-bond acceptors (Lipinski definition) is 6. The summed E-state index contributed by atoms with van der Waals surface area (Å²) >= 11 is 0. The summed E-state index contributed by atoms with van der Waals surface area (Å²) in [7, 11) is 3.19. The zero-order valence-corrected chi connectivity index (χ0v) is 16.9. The van der Waals surface area contributed by atoms with Gasteiger partial charge in [0.15, 0.2) is 11.4 Å². The van der Waals surface area contributed by atoms with Gasteiger partial charge in [-0.2, -0.15) is 0 Å². The monoisotopic (exact) mass is 388 g/mol. The van der Waals surface area contributed by atoms with E-state index >= 15 is 0 Å². The van der Waals surface area contributed by atoms with Gasteiger partial charge >= 0.3 is 0 Å². The molecule has 0 aliphatic rings. The van der Waals surface area contributed by atoms with E-state index in [-0.39, 0.29) is 46.0 Å².